The zero-order chi connectivity index (χ0) is 19.5. The molecule has 1 atom stereocenters. The summed E-state index contributed by atoms with van der Waals surface area (Å²) in [6.45, 7) is 7.40. The molecule has 5 heteroatoms. The van der Waals surface area contributed by atoms with Gasteiger partial charge in [0, 0.05) is 12.7 Å². The fourth-order valence-electron chi connectivity index (χ4n) is 3.09. The SMILES string of the molecule is CNc1cc(CC(C)c2ccc(OC(C)C)cc2C(F)(F)F)ccc1C. The van der Waals surface area contributed by atoms with Crippen LogP contribution < -0.4 is 10.1 Å². The van der Waals surface area contributed by atoms with Crippen molar-refractivity contribution in [3.8, 4) is 5.75 Å². The lowest BCUT2D eigenvalue weighted by Gasteiger charge is -2.21. The van der Waals surface area contributed by atoms with Crippen molar-refractivity contribution in [2.75, 3.05) is 12.4 Å². The topological polar surface area (TPSA) is 21.3 Å². The molecule has 1 unspecified atom stereocenters. The van der Waals surface area contributed by atoms with Crippen LogP contribution in [-0.4, -0.2) is 13.2 Å². The molecule has 0 aliphatic carbocycles. The van der Waals surface area contributed by atoms with Crippen molar-refractivity contribution in [3.05, 3.63) is 58.7 Å². The zero-order valence-electron chi connectivity index (χ0n) is 15.9. The van der Waals surface area contributed by atoms with E-state index in [2.05, 4.69) is 5.32 Å². The van der Waals surface area contributed by atoms with Crippen LogP contribution in [0.1, 0.15) is 48.9 Å². The van der Waals surface area contributed by atoms with Gasteiger partial charge in [0.25, 0.3) is 0 Å². The normalized spacial score (nSPS) is 13.0. The lowest BCUT2D eigenvalue weighted by Crippen LogP contribution is -2.14. The maximum atomic E-state index is 13.6. The predicted molar refractivity (Wildman–Crippen MR) is 100 cm³/mol. The summed E-state index contributed by atoms with van der Waals surface area (Å²) in [6.07, 6.45) is -4.06. The molecule has 0 aliphatic heterocycles. The second-order valence-electron chi connectivity index (χ2n) is 6.92. The van der Waals surface area contributed by atoms with Gasteiger partial charge in [-0.2, -0.15) is 13.2 Å². The Morgan fingerprint density at radius 3 is 2.31 bits per heavy atom. The summed E-state index contributed by atoms with van der Waals surface area (Å²) < 4.78 is 46.2. The quantitative estimate of drug-likeness (QED) is 0.659. The van der Waals surface area contributed by atoms with Gasteiger partial charge in [0.15, 0.2) is 0 Å². The molecule has 2 nitrogen and oxygen atoms in total. The summed E-state index contributed by atoms with van der Waals surface area (Å²) >= 11 is 0. The van der Waals surface area contributed by atoms with Gasteiger partial charge in [-0.1, -0.05) is 25.1 Å². The van der Waals surface area contributed by atoms with Gasteiger partial charge in [0.2, 0.25) is 0 Å². The first-order valence-electron chi connectivity index (χ1n) is 8.77. The van der Waals surface area contributed by atoms with Crippen molar-refractivity contribution in [2.45, 2.75) is 52.3 Å². The number of halogens is 3. The predicted octanol–water partition coefficient (Wildman–Crippen LogP) is 6.19. The zero-order valence-corrected chi connectivity index (χ0v) is 15.9. The molecule has 2 rings (SSSR count). The van der Waals surface area contributed by atoms with Crippen LogP contribution in [0.4, 0.5) is 18.9 Å². The van der Waals surface area contributed by atoms with Crippen LogP contribution in [0.3, 0.4) is 0 Å². The van der Waals surface area contributed by atoms with E-state index in [9.17, 15) is 13.2 Å². The number of anilines is 1. The molecule has 1 N–H and O–H groups in total. The third-order valence-electron chi connectivity index (χ3n) is 4.35. The molecule has 0 saturated carbocycles. The number of rotatable bonds is 6. The molecule has 0 amide bonds. The van der Waals surface area contributed by atoms with Crippen molar-refractivity contribution >= 4 is 5.69 Å². The minimum atomic E-state index is -4.41. The van der Waals surface area contributed by atoms with Gasteiger partial charge in [-0.15, -0.1) is 0 Å². The van der Waals surface area contributed by atoms with Gasteiger partial charge in [0.05, 0.1) is 11.7 Å². The molecule has 0 spiro atoms. The summed E-state index contributed by atoms with van der Waals surface area (Å²) in [5, 5.41) is 3.11. The van der Waals surface area contributed by atoms with Crippen molar-refractivity contribution in [1.29, 1.82) is 0 Å². The van der Waals surface area contributed by atoms with E-state index >= 15 is 0 Å². The van der Waals surface area contributed by atoms with Crippen LogP contribution in [0.25, 0.3) is 0 Å². The summed E-state index contributed by atoms with van der Waals surface area (Å²) in [5.74, 6) is -0.0248. The Bertz CT molecular complexity index is 753. The molecule has 2 aromatic rings. The first-order chi connectivity index (χ1) is 12.1. The Labute approximate surface area is 153 Å². The minimum Gasteiger partial charge on any atom is -0.491 e. The van der Waals surface area contributed by atoms with Crippen molar-refractivity contribution in [3.63, 3.8) is 0 Å². The number of aryl methyl sites for hydroxylation is 1. The second kappa shape index (κ2) is 8.02. The average Bonchev–Trinajstić information content (AvgIpc) is 2.55. The van der Waals surface area contributed by atoms with E-state index in [4.69, 9.17) is 4.74 Å². The van der Waals surface area contributed by atoms with Crippen LogP contribution in [0, 0.1) is 6.92 Å². The molecule has 142 valence electrons. The number of hydrogen-bond donors (Lipinski definition) is 1. The van der Waals surface area contributed by atoms with E-state index in [1.807, 2.05) is 39.1 Å². The molecule has 26 heavy (non-hydrogen) atoms. The molecule has 0 fully saturated rings. The highest BCUT2D eigenvalue weighted by Crippen LogP contribution is 2.38. The van der Waals surface area contributed by atoms with Gasteiger partial charge in [0.1, 0.15) is 5.75 Å². The van der Waals surface area contributed by atoms with E-state index in [1.165, 1.54) is 0 Å². The Kier molecular flexibility index (Phi) is 6.21. The fourth-order valence-corrected chi connectivity index (χ4v) is 3.09. The average molecular weight is 365 g/mol. The third-order valence-corrected chi connectivity index (χ3v) is 4.35. The Balaban J connectivity index is 2.34. The molecule has 0 aromatic heterocycles. The highest BCUT2D eigenvalue weighted by Gasteiger charge is 2.35. The van der Waals surface area contributed by atoms with Gasteiger partial charge in [-0.25, -0.2) is 0 Å². The lowest BCUT2D eigenvalue weighted by atomic mass is 9.89. The van der Waals surface area contributed by atoms with E-state index < -0.39 is 11.7 Å². The summed E-state index contributed by atoms with van der Waals surface area (Å²) in [7, 11) is 1.84. The fraction of sp³-hybridized carbons (Fsp3) is 0.429. The van der Waals surface area contributed by atoms with Gasteiger partial charge in [-0.05, 0) is 68.0 Å². The second-order valence-corrected chi connectivity index (χ2v) is 6.92. The number of nitrogens with one attached hydrogen (secondary N) is 1. The van der Waals surface area contributed by atoms with Crippen LogP contribution in [0.15, 0.2) is 36.4 Å². The number of alkyl halides is 3. The molecular formula is C21H26F3NO. The standard InChI is InChI=1S/C21H26F3NO/c1-13(2)26-17-8-9-18(19(12-17)21(22,23)24)15(4)10-16-7-6-14(3)20(11-16)25-5/h6-9,11-13,15,25H,10H2,1-5H3. The smallest absolute Gasteiger partial charge is 0.416 e. The van der Waals surface area contributed by atoms with Gasteiger partial charge < -0.3 is 10.1 Å². The van der Waals surface area contributed by atoms with Crippen molar-refractivity contribution in [1.82, 2.24) is 0 Å². The lowest BCUT2D eigenvalue weighted by molar-refractivity contribution is -0.138. The molecule has 0 heterocycles. The van der Waals surface area contributed by atoms with E-state index in [-0.39, 0.29) is 17.8 Å². The molecule has 0 saturated heterocycles. The van der Waals surface area contributed by atoms with Crippen LogP contribution in [-0.2, 0) is 12.6 Å². The molecule has 2 aromatic carbocycles. The largest absolute Gasteiger partial charge is 0.491 e. The molecule has 0 radical (unpaired) electrons. The first-order valence-corrected chi connectivity index (χ1v) is 8.77. The number of benzene rings is 2. The van der Waals surface area contributed by atoms with Gasteiger partial charge in [-0.3, -0.25) is 0 Å². The van der Waals surface area contributed by atoms with E-state index in [0.29, 0.717) is 12.0 Å². The Morgan fingerprint density at radius 2 is 1.73 bits per heavy atom. The van der Waals surface area contributed by atoms with Crippen LogP contribution in [0.2, 0.25) is 0 Å². The number of ether oxygens (including phenoxy) is 1. The van der Waals surface area contributed by atoms with Crippen molar-refractivity contribution in [2.24, 2.45) is 0 Å². The highest BCUT2D eigenvalue weighted by molar-refractivity contribution is 5.52. The minimum absolute atomic E-state index is 0.174. The van der Waals surface area contributed by atoms with E-state index in [1.54, 1.807) is 26.0 Å². The summed E-state index contributed by atoms with van der Waals surface area (Å²) in [6, 6.07) is 10.2. The first kappa shape index (κ1) is 20.1. The molecule has 0 bridgehead atoms. The monoisotopic (exact) mass is 365 g/mol. The van der Waals surface area contributed by atoms with Gasteiger partial charge >= 0.3 is 6.18 Å². The summed E-state index contributed by atoms with van der Waals surface area (Å²) in [5.41, 5.74) is 2.77. The highest BCUT2D eigenvalue weighted by atomic mass is 19.4. The Hall–Kier alpha value is -2.17. The summed E-state index contributed by atoms with van der Waals surface area (Å²) in [4.78, 5) is 0. The Morgan fingerprint density at radius 1 is 1.04 bits per heavy atom. The maximum absolute atomic E-state index is 13.6. The maximum Gasteiger partial charge on any atom is 0.416 e. The van der Waals surface area contributed by atoms with E-state index in [0.717, 1.165) is 22.9 Å². The van der Waals surface area contributed by atoms with Crippen LogP contribution >= 0.6 is 0 Å². The molecular weight excluding hydrogens is 339 g/mol. The third kappa shape index (κ3) is 4.93. The van der Waals surface area contributed by atoms with Crippen LogP contribution in [0.5, 0.6) is 5.75 Å². The molecule has 0 aliphatic rings. The number of hydrogen-bond acceptors (Lipinski definition) is 2. The van der Waals surface area contributed by atoms with Crippen molar-refractivity contribution < 1.29 is 17.9 Å².